The number of carbonyl (C=O) groups is 1. The zero-order valence-electron chi connectivity index (χ0n) is 4.04. The van der Waals surface area contributed by atoms with E-state index in [0.29, 0.717) is 0 Å². The van der Waals surface area contributed by atoms with E-state index >= 15 is 0 Å². The molecule has 0 unspecified atom stereocenters. The van der Waals surface area contributed by atoms with Crippen LogP contribution in [0.15, 0.2) is 0 Å². The summed E-state index contributed by atoms with van der Waals surface area (Å²) in [5.74, 6) is 0. The molecule has 0 saturated heterocycles. The average molecular weight is 140 g/mol. The summed E-state index contributed by atoms with van der Waals surface area (Å²) in [6.45, 7) is 1.20. The van der Waals surface area contributed by atoms with Gasteiger partial charge in [-0.05, 0) is 0 Å². The van der Waals surface area contributed by atoms with Gasteiger partial charge < -0.3 is 0 Å². The molecule has 0 bridgehead atoms. The van der Waals surface area contributed by atoms with Crippen LogP contribution in [0.2, 0.25) is 6.55 Å². The molecule has 0 aliphatic rings. The average Bonchev–Trinajstić information content (AvgIpc) is 1.62. The first-order valence-electron chi connectivity index (χ1n) is 1.77. The first-order valence-corrected chi connectivity index (χ1v) is 3.27. The zero-order chi connectivity index (χ0) is 6.78. The molecule has 0 amide bonds. The van der Waals surface area contributed by atoms with Crippen LogP contribution in [0.3, 0.4) is 0 Å². The van der Waals surface area contributed by atoms with Crippen molar-refractivity contribution in [2.24, 2.45) is 0 Å². The number of carbonyl (C=O) groups excluding carboxylic acids is 1. The largest absolute Gasteiger partial charge is 0.444 e. The lowest BCUT2D eigenvalue weighted by Crippen LogP contribution is -2.26. The van der Waals surface area contributed by atoms with Gasteiger partial charge in [0.2, 0.25) is 5.41 Å². The third kappa shape index (κ3) is 2.11. The molecule has 8 heavy (non-hydrogen) atoms. The summed E-state index contributed by atoms with van der Waals surface area (Å²) in [5, 5.41) is -1.64. The standard InChI is InChI=1S/C3H3F3OSi/c1-8-2(7)3(4,5)6/h1H3. The molecular formula is C3H3F3OSi. The third-order valence-corrected chi connectivity index (χ3v) is 1.22. The van der Waals surface area contributed by atoms with E-state index in [9.17, 15) is 18.0 Å². The smallest absolute Gasteiger partial charge is 0.296 e. The van der Waals surface area contributed by atoms with E-state index in [-0.39, 0.29) is 0 Å². The quantitative estimate of drug-likeness (QED) is 0.493. The fourth-order valence-electron chi connectivity index (χ4n) is 0.142. The molecule has 0 heterocycles. The van der Waals surface area contributed by atoms with Crippen LogP contribution in [0.4, 0.5) is 13.2 Å². The van der Waals surface area contributed by atoms with Crippen molar-refractivity contribution < 1.29 is 18.0 Å². The third-order valence-electron chi connectivity index (χ3n) is 0.485. The van der Waals surface area contributed by atoms with Gasteiger partial charge in [-0.25, -0.2) is 0 Å². The van der Waals surface area contributed by atoms with Crippen LogP contribution in [0.1, 0.15) is 0 Å². The topological polar surface area (TPSA) is 17.1 Å². The van der Waals surface area contributed by atoms with E-state index in [1.807, 2.05) is 0 Å². The van der Waals surface area contributed by atoms with E-state index in [1.165, 1.54) is 6.55 Å². The fourth-order valence-corrected chi connectivity index (χ4v) is 0.425. The Kier molecular flexibility index (Phi) is 2.21. The summed E-state index contributed by atoms with van der Waals surface area (Å²) in [7, 11) is -0.681. The van der Waals surface area contributed by atoms with Crippen LogP contribution in [0.5, 0.6) is 0 Å². The number of rotatable bonds is 1. The Labute approximate surface area is 46.7 Å². The van der Waals surface area contributed by atoms with E-state index in [1.54, 1.807) is 0 Å². The Hall–Kier alpha value is -0.323. The molecule has 0 aromatic rings. The van der Waals surface area contributed by atoms with Crippen molar-refractivity contribution in [2.45, 2.75) is 12.7 Å². The summed E-state index contributed by atoms with van der Waals surface area (Å²) >= 11 is 0. The van der Waals surface area contributed by atoms with E-state index in [4.69, 9.17) is 0 Å². The molecule has 46 valence electrons. The van der Waals surface area contributed by atoms with Gasteiger partial charge in [-0.1, -0.05) is 6.55 Å². The second kappa shape index (κ2) is 2.30. The highest BCUT2D eigenvalue weighted by molar-refractivity contribution is 6.74. The van der Waals surface area contributed by atoms with Crippen molar-refractivity contribution >= 4 is 14.9 Å². The minimum Gasteiger partial charge on any atom is -0.296 e. The Balaban J connectivity index is 3.82. The van der Waals surface area contributed by atoms with Gasteiger partial charge in [0.1, 0.15) is 9.52 Å². The lowest BCUT2D eigenvalue weighted by Gasteiger charge is -1.98. The molecule has 0 spiro atoms. The van der Waals surface area contributed by atoms with Gasteiger partial charge >= 0.3 is 6.18 Å². The predicted octanol–water partition coefficient (Wildman–Crippen LogP) is 0.828. The van der Waals surface area contributed by atoms with Crippen LogP contribution in [0.25, 0.3) is 0 Å². The normalized spacial score (nSPS) is 11.5. The Morgan fingerprint density at radius 3 is 1.88 bits per heavy atom. The molecule has 2 radical (unpaired) electrons. The van der Waals surface area contributed by atoms with Crippen LogP contribution in [0, 0.1) is 0 Å². The van der Waals surface area contributed by atoms with Crippen LogP contribution >= 0.6 is 0 Å². The SMILES string of the molecule is C[Si]C(=O)C(F)(F)F. The van der Waals surface area contributed by atoms with Crippen LogP contribution < -0.4 is 0 Å². The lowest BCUT2D eigenvalue weighted by atomic mass is 10.7. The molecule has 0 aromatic carbocycles. The molecular weight excluding hydrogens is 137 g/mol. The molecule has 0 atom stereocenters. The molecule has 0 rings (SSSR count). The highest BCUT2D eigenvalue weighted by Crippen LogP contribution is 2.14. The van der Waals surface area contributed by atoms with Crippen molar-refractivity contribution in [3.05, 3.63) is 0 Å². The Morgan fingerprint density at radius 2 is 1.88 bits per heavy atom. The van der Waals surface area contributed by atoms with Gasteiger partial charge in [0, 0.05) is 0 Å². The van der Waals surface area contributed by atoms with E-state index < -0.39 is 21.1 Å². The highest BCUT2D eigenvalue weighted by atomic mass is 28.2. The van der Waals surface area contributed by atoms with Crippen molar-refractivity contribution in [2.75, 3.05) is 0 Å². The van der Waals surface area contributed by atoms with Gasteiger partial charge in [0.05, 0.1) is 0 Å². The maximum Gasteiger partial charge on any atom is 0.444 e. The van der Waals surface area contributed by atoms with Crippen molar-refractivity contribution in [3.8, 4) is 0 Å². The maximum atomic E-state index is 11.1. The molecule has 0 aliphatic heterocycles. The highest BCUT2D eigenvalue weighted by Gasteiger charge is 2.35. The summed E-state index contributed by atoms with van der Waals surface area (Å²) in [5.41, 5.74) is 0. The van der Waals surface area contributed by atoms with Crippen molar-refractivity contribution in [1.82, 2.24) is 0 Å². The minimum atomic E-state index is -4.62. The first-order chi connectivity index (χ1) is 3.48. The fraction of sp³-hybridized carbons (Fsp3) is 0.667. The molecule has 0 aliphatic carbocycles. The van der Waals surface area contributed by atoms with E-state index in [2.05, 4.69) is 0 Å². The number of halogens is 3. The Morgan fingerprint density at radius 1 is 1.50 bits per heavy atom. The summed E-state index contributed by atoms with van der Waals surface area (Å²) < 4.78 is 33.3. The molecule has 1 nitrogen and oxygen atoms in total. The summed E-state index contributed by atoms with van der Waals surface area (Å²) in [4.78, 5) is 9.72. The van der Waals surface area contributed by atoms with Crippen molar-refractivity contribution in [1.29, 1.82) is 0 Å². The number of hydrogen-bond acceptors (Lipinski definition) is 1. The monoisotopic (exact) mass is 140 g/mol. The molecule has 0 N–H and O–H groups in total. The number of hydrogen-bond donors (Lipinski definition) is 0. The van der Waals surface area contributed by atoms with Crippen LogP contribution in [-0.2, 0) is 4.79 Å². The minimum absolute atomic E-state index is 0.681. The molecule has 0 fully saturated rings. The second-order valence-electron chi connectivity index (χ2n) is 1.08. The maximum absolute atomic E-state index is 11.1. The van der Waals surface area contributed by atoms with Gasteiger partial charge in [0.25, 0.3) is 0 Å². The van der Waals surface area contributed by atoms with Gasteiger partial charge in [-0.2, -0.15) is 13.2 Å². The lowest BCUT2D eigenvalue weighted by molar-refractivity contribution is -0.161. The van der Waals surface area contributed by atoms with Gasteiger partial charge in [0.15, 0.2) is 0 Å². The van der Waals surface area contributed by atoms with Gasteiger partial charge in [-0.15, -0.1) is 0 Å². The molecule has 0 saturated carbocycles. The molecule has 5 heteroatoms. The first kappa shape index (κ1) is 7.68. The summed E-state index contributed by atoms with van der Waals surface area (Å²) in [6, 6.07) is 0. The second-order valence-corrected chi connectivity index (χ2v) is 2.03. The summed E-state index contributed by atoms with van der Waals surface area (Å²) in [6.07, 6.45) is -4.62. The predicted molar refractivity (Wildman–Crippen MR) is 22.7 cm³/mol. The van der Waals surface area contributed by atoms with Gasteiger partial charge in [-0.3, -0.25) is 4.79 Å². The number of alkyl halides is 3. The van der Waals surface area contributed by atoms with Crippen LogP contribution in [-0.4, -0.2) is 21.1 Å². The van der Waals surface area contributed by atoms with Crippen molar-refractivity contribution in [3.63, 3.8) is 0 Å². The zero-order valence-corrected chi connectivity index (χ0v) is 5.04. The Bertz CT molecular complexity index is 97.2. The molecule has 0 aromatic heterocycles. The van der Waals surface area contributed by atoms with E-state index in [0.717, 1.165) is 0 Å².